The number of nitrogens with one attached hydrogen (secondary N) is 1. The standard InChI is InChI=1S/C17H25NO6/c1-17(2,11-19)12-23-10-14(15(20)22-3)18-16(21)24-9-13-7-5-4-6-8-13/h4-8,14,19H,9-12H2,1-3H3,(H,18,21). The zero-order valence-corrected chi connectivity index (χ0v) is 14.3. The molecule has 0 aliphatic heterocycles. The van der Waals surface area contributed by atoms with Crippen molar-refractivity contribution >= 4 is 12.1 Å². The molecule has 1 aromatic carbocycles. The van der Waals surface area contributed by atoms with E-state index in [1.165, 1.54) is 7.11 Å². The number of rotatable bonds is 9. The summed E-state index contributed by atoms with van der Waals surface area (Å²) >= 11 is 0. The van der Waals surface area contributed by atoms with E-state index in [-0.39, 0.29) is 26.4 Å². The second kappa shape index (κ2) is 9.89. The maximum Gasteiger partial charge on any atom is 0.408 e. The lowest BCUT2D eigenvalue weighted by Crippen LogP contribution is -2.45. The minimum absolute atomic E-state index is 0.0531. The lowest BCUT2D eigenvalue weighted by Gasteiger charge is -2.23. The Kier molecular flexibility index (Phi) is 8.21. The van der Waals surface area contributed by atoms with Crippen molar-refractivity contribution in [3.8, 4) is 0 Å². The van der Waals surface area contributed by atoms with Crippen LogP contribution in [0.25, 0.3) is 0 Å². The third-order valence-corrected chi connectivity index (χ3v) is 3.20. The number of esters is 1. The van der Waals surface area contributed by atoms with Crippen LogP contribution in [0.2, 0.25) is 0 Å². The van der Waals surface area contributed by atoms with Crippen molar-refractivity contribution in [2.24, 2.45) is 5.41 Å². The van der Waals surface area contributed by atoms with Gasteiger partial charge in [0, 0.05) is 5.41 Å². The van der Waals surface area contributed by atoms with Gasteiger partial charge in [-0.05, 0) is 5.56 Å². The van der Waals surface area contributed by atoms with E-state index in [0.717, 1.165) is 5.56 Å². The number of alkyl carbamates (subject to hydrolysis) is 1. The maximum absolute atomic E-state index is 11.8. The van der Waals surface area contributed by atoms with Gasteiger partial charge in [-0.3, -0.25) is 0 Å². The van der Waals surface area contributed by atoms with E-state index >= 15 is 0 Å². The van der Waals surface area contributed by atoms with E-state index in [2.05, 4.69) is 10.1 Å². The van der Waals surface area contributed by atoms with Gasteiger partial charge < -0.3 is 24.6 Å². The Balaban J connectivity index is 2.46. The van der Waals surface area contributed by atoms with Gasteiger partial charge in [-0.15, -0.1) is 0 Å². The van der Waals surface area contributed by atoms with Crippen molar-refractivity contribution in [3.63, 3.8) is 0 Å². The van der Waals surface area contributed by atoms with Crippen LogP contribution in [0.15, 0.2) is 30.3 Å². The summed E-state index contributed by atoms with van der Waals surface area (Å²) in [6.07, 6.45) is -0.737. The number of carbonyl (C=O) groups is 2. The first-order valence-corrected chi connectivity index (χ1v) is 7.61. The number of aliphatic hydroxyl groups is 1. The van der Waals surface area contributed by atoms with Crippen LogP contribution in [0.5, 0.6) is 0 Å². The van der Waals surface area contributed by atoms with E-state index in [0.29, 0.717) is 0 Å². The maximum atomic E-state index is 11.8. The molecule has 24 heavy (non-hydrogen) atoms. The molecule has 1 atom stereocenters. The lowest BCUT2D eigenvalue weighted by molar-refractivity contribution is -0.145. The summed E-state index contributed by atoms with van der Waals surface area (Å²) in [6.45, 7) is 3.85. The van der Waals surface area contributed by atoms with Crippen molar-refractivity contribution in [1.29, 1.82) is 0 Å². The van der Waals surface area contributed by atoms with Crippen LogP contribution in [-0.4, -0.2) is 50.1 Å². The third kappa shape index (κ3) is 7.43. The number of aliphatic hydroxyl groups excluding tert-OH is 1. The van der Waals surface area contributed by atoms with Gasteiger partial charge in [0.2, 0.25) is 0 Å². The van der Waals surface area contributed by atoms with Gasteiger partial charge in [0.15, 0.2) is 6.04 Å². The predicted molar refractivity (Wildman–Crippen MR) is 87.3 cm³/mol. The van der Waals surface area contributed by atoms with Crippen LogP contribution in [-0.2, 0) is 25.6 Å². The molecule has 0 saturated heterocycles. The average molecular weight is 339 g/mol. The Morgan fingerprint density at radius 1 is 1.25 bits per heavy atom. The molecular weight excluding hydrogens is 314 g/mol. The van der Waals surface area contributed by atoms with Crippen LogP contribution >= 0.6 is 0 Å². The van der Waals surface area contributed by atoms with Crippen molar-refractivity contribution < 1.29 is 28.9 Å². The molecule has 0 heterocycles. The fraction of sp³-hybridized carbons (Fsp3) is 0.529. The minimum atomic E-state index is -0.979. The molecule has 0 bridgehead atoms. The molecule has 0 aliphatic carbocycles. The number of benzene rings is 1. The summed E-state index contributed by atoms with van der Waals surface area (Å²) < 4.78 is 15.1. The minimum Gasteiger partial charge on any atom is -0.467 e. The van der Waals surface area contributed by atoms with Gasteiger partial charge in [-0.1, -0.05) is 44.2 Å². The van der Waals surface area contributed by atoms with Crippen molar-refractivity contribution in [1.82, 2.24) is 5.32 Å². The summed E-state index contributed by atoms with van der Waals surface area (Å²) in [5.41, 5.74) is 0.400. The summed E-state index contributed by atoms with van der Waals surface area (Å²) in [6, 6.07) is 8.21. The van der Waals surface area contributed by atoms with E-state index in [4.69, 9.17) is 9.47 Å². The number of methoxy groups -OCH3 is 1. The van der Waals surface area contributed by atoms with Gasteiger partial charge in [0.05, 0.1) is 26.9 Å². The molecule has 7 nitrogen and oxygen atoms in total. The number of ether oxygens (including phenoxy) is 3. The zero-order valence-electron chi connectivity index (χ0n) is 14.3. The van der Waals surface area contributed by atoms with Gasteiger partial charge in [0.1, 0.15) is 6.61 Å². The highest BCUT2D eigenvalue weighted by Gasteiger charge is 2.24. The molecule has 1 aromatic rings. The largest absolute Gasteiger partial charge is 0.467 e. The molecule has 0 aromatic heterocycles. The Morgan fingerprint density at radius 2 is 1.92 bits per heavy atom. The summed E-state index contributed by atoms with van der Waals surface area (Å²) in [7, 11) is 1.23. The summed E-state index contributed by atoms with van der Waals surface area (Å²) in [5.74, 6) is -0.631. The number of amides is 1. The summed E-state index contributed by atoms with van der Waals surface area (Å²) in [4.78, 5) is 23.6. The van der Waals surface area contributed by atoms with Crippen LogP contribution in [0, 0.1) is 5.41 Å². The van der Waals surface area contributed by atoms with Gasteiger partial charge >= 0.3 is 12.1 Å². The molecule has 0 radical (unpaired) electrons. The number of carbonyl (C=O) groups excluding carboxylic acids is 2. The van der Waals surface area contributed by atoms with Crippen LogP contribution < -0.4 is 5.32 Å². The second-order valence-electron chi connectivity index (χ2n) is 6.12. The first-order valence-electron chi connectivity index (χ1n) is 7.61. The van der Waals surface area contributed by atoms with Gasteiger partial charge in [-0.2, -0.15) is 0 Å². The van der Waals surface area contributed by atoms with Crippen molar-refractivity contribution in [2.75, 3.05) is 26.9 Å². The first-order chi connectivity index (χ1) is 11.4. The Bertz CT molecular complexity index is 517. The Hall–Kier alpha value is -2.12. The van der Waals surface area contributed by atoms with E-state index in [1.807, 2.05) is 44.2 Å². The fourth-order valence-electron chi connectivity index (χ4n) is 1.72. The predicted octanol–water partition coefficient (Wildman–Crippen LogP) is 1.49. The third-order valence-electron chi connectivity index (χ3n) is 3.20. The van der Waals surface area contributed by atoms with Crippen LogP contribution in [0.1, 0.15) is 19.4 Å². The molecule has 2 N–H and O–H groups in total. The van der Waals surface area contributed by atoms with Crippen LogP contribution in [0.4, 0.5) is 4.79 Å². The molecule has 0 spiro atoms. The Labute approximate surface area is 141 Å². The highest BCUT2D eigenvalue weighted by atomic mass is 16.6. The zero-order chi connectivity index (χ0) is 18.0. The highest BCUT2D eigenvalue weighted by molar-refractivity contribution is 5.81. The SMILES string of the molecule is COC(=O)C(COCC(C)(C)CO)NC(=O)OCc1ccccc1. The average Bonchev–Trinajstić information content (AvgIpc) is 2.59. The quantitative estimate of drug-likeness (QED) is 0.662. The normalized spacial score (nSPS) is 12.3. The highest BCUT2D eigenvalue weighted by Crippen LogP contribution is 2.13. The molecule has 1 rings (SSSR count). The molecule has 0 fully saturated rings. The Morgan fingerprint density at radius 3 is 2.50 bits per heavy atom. The second-order valence-corrected chi connectivity index (χ2v) is 6.12. The number of hydrogen-bond acceptors (Lipinski definition) is 6. The molecule has 1 unspecified atom stereocenters. The molecule has 1 amide bonds. The topological polar surface area (TPSA) is 94.1 Å². The molecule has 0 saturated carbocycles. The van der Waals surface area contributed by atoms with E-state index in [9.17, 15) is 14.7 Å². The lowest BCUT2D eigenvalue weighted by atomic mass is 9.97. The van der Waals surface area contributed by atoms with Gasteiger partial charge in [-0.25, -0.2) is 9.59 Å². The van der Waals surface area contributed by atoms with Crippen molar-refractivity contribution in [3.05, 3.63) is 35.9 Å². The fourth-order valence-corrected chi connectivity index (χ4v) is 1.72. The molecule has 7 heteroatoms. The van der Waals surface area contributed by atoms with E-state index < -0.39 is 23.5 Å². The summed E-state index contributed by atoms with van der Waals surface area (Å²) in [5, 5.41) is 11.6. The molecule has 134 valence electrons. The molecular formula is C17H25NO6. The van der Waals surface area contributed by atoms with E-state index in [1.54, 1.807) is 0 Å². The number of hydrogen-bond donors (Lipinski definition) is 2. The van der Waals surface area contributed by atoms with Crippen molar-refractivity contribution in [2.45, 2.75) is 26.5 Å². The monoisotopic (exact) mass is 339 g/mol. The smallest absolute Gasteiger partial charge is 0.408 e. The first kappa shape index (κ1) is 19.9. The molecule has 0 aliphatic rings. The van der Waals surface area contributed by atoms with Crippen LogP contribution in [0.3, 0.4) is 0 Å². The van der Waals surface area contributed by atoms with Gasteiger partial charge in [0.25, 0.3) is 0 Å².